The van der Waals surface area contributed by atoms with Crippen LogP contribution >= 0.6 is 11.3 Å². The lowest BCUT2D eigenvalue weighted by atomic mass is 10.2. The third kappa shape index (κ3) is 2.16. The Morgan fingerprint density at radius 1 is 1.31 bits per heavy atom. The molecule has 0 radical (unpaired) electrons. The lowest BCUT2D eigenvalue weighted by Gasteiger charge is -2.33. The summed E-state index contributed by atoms with van der Waals surface area (Å²) in [6.45, 7) is 6.00. The van der Waals surface area contributed by atoms with E-state index in [2.05, 4.69) is 26.3 Å². The summed E-state index contributed by atoms with van der Waals surface area (Å²) in [5.74, 6) is 0. The zero-order valence-corrected chi connectivity index (χ0v) is 10.1. The van der Waals surface area contributed by atoms with Gasteiger partial charge >= 0.3 is 0 Å². The monoisotopic (exact) mass is 239 g/mol. The van der Waals surface area contributed by atoms with E-state index in [4.69, 9.17) is 4.74 Å². The molecule has 1 fully saturated rings. The molecule has 0 aromatic carbocycles. The van der Waals surface area contributed by atoms with Crippen molar-refractivity contribution in [2.75, 3.05) is 50.0 Å². The first kappa shape index (κ1) is 10.4. The minimum atomic E-state index is 0.514. The molecule has 1 saturated heterocycles. The highest BCUT2D eigenvalue weighted by Gasteiger charge is 2.21. The van der Waals surface area contributed by atoms with Crippen LogP contribution in [-0.2, 0) is 4.74 Å². The van der Waals surface area contributed by atoms with E-state index in [0.717, 1.165) is 39.4 Å². The highest BCUT2D eigenvalue weighted by molar-refractivity contribution is 7.09. The Balaban J connectivity index is 1.57. The summed E-state index contributed by atoms with van der Waals surface area (Å²) in [6.07, 6.45) is 0. The van der Waals surface area contributed by atoms with E-state index in [1.807, 2.05) is 0 Å². The Morgan fingerprint density at radius 2 is 2.12 bits per heavy atom. The summed E-state index contributed by atoms with van der Waals surface area (Å²) in [7, 11) is 0. The smallest absolute Gasteiger partial charge is 0.0688 e. The summed E-state index contributed by atoms with van der Waals surface area (Å²) in [5, 5.41) is 11.4. The molecule has 0 saturated carbocycles. The highest BCUT2D eigenvalue weighted by atomic mass is 32.1. The van der Waals surface area contributed by atoms with Crippen molar-refractivity contribution in [3.8, 4) is 0 Å². The van der Waals surface area contributed by atoms with Gasteiger partial charge in [0, 0.05) is 36.9 Å². The van der Waals surface area contributed by atoms with E-state index in [-0.39, 0.29) is 0 Å². The van der Waals surface area contributed by atoms with Gasteiger partial charge in [0.15, 0.2) is 0 Å². The topological polar surface area (TPSA) is 36.5 Å². The van der Waals surface area contributed by atoms with Crippen LogP contribution in [0.15, 0.2) is 10.8 Å². The first-order chi connectivity index (χ1) is 7.92. The van der Waals surface area contributed by atoms with E-state index in [9.17, 15) is 0 Å². The van der Waals surface area contributed by atoms with Gasteiger partial charge in [-0.3, -0.25) is 4.90 Å². The number of fused-ring (bicyclic) bond motifs is 1. The average Bonchev–Trinajstić information content (AvgIpc) is 2.77. The maximum absolute atomic E-state index is 5.36. The van der Waals surface area contributed by atoms with Crippen LogP contribution in [0.3, 0.4) is 0 Å². The molecule has 0 spiro atoms. The predicted octanol–water partition coefficient (Wildman–Crippen LogP) is 1.29. The number of nitrogens with one attached hydrogen (secondary N) is 2. The molecule has 0 bridgehead atoms. The summed E-state index contributed by atoms with van der Waals surface area (Å²) in [5.41, 5.74) is 2.51. The number of morpholine rings is 1. The van der Waals surface area contributed by atoms with Crippen molar-refractivity contribution in [3.63, 3.8) is 0 Å². The van der Waals surface area contributed by atoms with Gasteiger partial charge in [-0.05, 0) is 0 Å². The normalized spacial score (nSPS) is 25.6. The van der Waals surface area contributed by atoms with E-state index in [0.29, 0.717) is 6.04 Å². The Labute approximate surface area is 99.6 Å². The molecule has 1 aromatic heterocycles. The van der Waals surface area contributed by atoms with Gasteiger partial charge < -0.3 is 15.4 Å². The molecule has 2 N–H and O–H groups in total. The Hall–Kier alpha value is -0.780. The summed E-state index contributed by atoms with van der Waals surface area (Å²) < 4.78 is 5.36. The van der Waals surface area contributed by atoms with Gasteiger partial charge in [-0.1, -0.05) is 0 Å². The van der Waals surface area contributed by atoms with Crippen molar-refractivity contribution in [3.05, 3.63) is 10.8 Å². The van der Waals surface area contributed by atoms with Crippen LogP contribution < -0.4 is 10.6 Å². The standard InChI is InChI=1S/C11H17N3OS/c1-3-15-4-2-14(1)6-9-5-12-10-7-16-8-11(10)13-9/h7-9,12-13H,1-6H2. The molecular formula is C11H17N3OS. The van der Waals surface area contributed by atoms with Crippen LogP contribution in [-0.4, -0.2) is 50.3 Å². The molecule has 1 aromatic rings. The molecule has 5 heteroatoms. The third-order valence-electron chi connectivity index (χ3n) is 3.14. The van der Waals surface area contributed by atoms with Crippen LogP contribution in [0.25, 0.3) is 0 Å². The average molecular weight is 239 g/mol. The van der Waals surface area contributed by atoms with Crippen molar-refractivity contribution in [2.24, 2.45) is 0 Å². The fraction of sp³-hybridized carbons (Fsp3) is 0.636. The van der Waals surface area contributed by atoms with Crippen molar-refractivity contribution in [1.29, 1.82) is 0 Å². The highest BCUT2D eigenvalue weighted by Crippen LogP contribution is 2.29. The summed E-state index contributed by atoms with van der Waals surface area (Å²) in [4.78, 5) is 2.47. The van der Waals surface area contributed by atoms with Gasteiger partial charge in [-0.2, -0.15) is 0 Å². The summed E-state index contributed by atoms with van der Waals surface area (Å²) in [6, 6.07) is 0.514. The quantitative estimate of drug-likeness (QED) is 0.815. The molecule has 4 nitrogen and oxygen atoms in total. The number of rotatable bonds is 2. The molecule has 0 amide bonds. The van der Waals surface area contributed by atoms with Crippen molar-refractivity contribution in [1.82, 2.24) is 4.90 Å². The number of ether oxygens (including phenoxy) is 1. The summed E-state index contributed by atoms with van der Waals surface area (Å²) >= 11 is 1.74. The van der Waals surface area contributed by atoms with Crippen LogP contribution in [0, 0.1) is 0 Å². The number of anilines is 2. The first-order valence-electron chi connectivity index (χ1n) is 5.78. The van der Waals surface area contributed by atoms with Crippen LogP contribution in [0.4, 0.5) is 11.4 Å². The van der Waals surface area contributed by atoms with Crippen molar-refractivity contribution >= 4 is 22.7 Å². The number of hydrogen-bond acceptors (Lipinski definition) is 5. The van der Waals surface area contributed by atoms with E-state index >= 15 is 0 Å². The van der Waals surface area contributed by atoms with Gasteiger partial charge in [0.2, 0.25) is 0 Å². The molecule has 3 rings (SSSR count). The molecule has 88 valence electrons. The first-order valence-corrected chi connectivity index (χ1v) is 6.73. The molecule has 1 unspecified atom stereocenters. The molecule has 3 heterocycles. The maximum Gasteiger partial charge on any atom is 0.0688 e. The molecule has 2 aliphatic rings. The van der Waals surface area contributed by atoms with Crippen LogP contribution in [0.5, 0.6) is 0 Å². The SMILES string of the molecule is c1scc2c1NCC(CN1CCOCC1)N2. The molecule has 16 heavy (non-hydrogen) atoms. The third-order valence-corrected chi connectivity index (χ3v) is 3.89. The minimum Gasteiger partial charge on any atom is -0.381 e. The second-order valence-corrected chi connectivity index (χ2v) is 5.08. The predicted molar refractivity (Wildman–Crippen MR) is 67.5 cm³/mol. The second kappa shape index (κ2) is 4.61. The fourth-order valence-electron chi connectivity index (χ4n) is 2.26. The van der Waals surface area contributed by atoms with Gasteiger partial charge in [0.05, 0.1) is 30.6 Å². The number of hydrogen-bond donors (Lipinski definition) is 2. The largest absolute Gasteiger partial charge is 0.381 e. The lowest BCUT2D eigenvalue weighted by molar-refractivity contribution is 0.0365. The zero-order valence-electron chi connectivity index (χ0n) is 9.24. The maximum atomic E-state index is 5.36. The van der Waals surface area contributed by atoms with Gasteiger partial charge in [-0.25, -0.2) is 0 Å². The minimum absolute atomic E-state index is 0.514. The van der Waals surface area contributed by atoms with Crippen LogP contribution in [0.1, 0.15) is 0 Å². The van der Waals surface area contributed by atoms with Gasteiger partial charge in [0.25, 0.3) is 0 Å². The van der Waals surface area contributed by atoms with Crippen molar-refractivity contribution < 1.29 is 4.74 Å². The van der Waals surface area contributed by atoms with Crippen molar-refractivity contribution in [2.45, 2.75) is 6.04 Å². The number of nitrogens with zero attached hydrogens (tertiary/aromatic N) is 1. The fourth-order valence-corrected chi connectivity index (χ4v) is 3.00. The van der Waals surface area contributed by atoms with E-state index < -0.39 is 0 Å². The Morgan fingerprint density at radius 3 is 3.00 bits per heavy atom. The Bertz CT molecular complexity index is 349. The van der Waals surface area contributed by atoms with Gasteiger partial charge in [-0.15, -0.1) is 11.3 Å². The molecular weight excluding hydrogens is 222 g/mol. The zero-order chi connectivity index (χ0) is 10.8. The Kier molecular flexibility index (Phi) is 2.99. The molecule has 2 aliphatic heterocycles. The van der Waals surface area contributed by atoms with E-state index in [1.165, 1.54) is 11.4 Å². The number of thiophene rings is 1. The molecule has 0 aliphatic carbocycles. The molecule has 1 atom stereocenters. The van der Waals surface area contributed by atoms with Crippen LogP contribution in [0.2, 0.25) is 0 Å². The lowest BCUT2D eigenvalue weighted by Crippen LogP contribution is -2.46. The van der Waals surface area contributed by atoms with E-state index in [1.54, 1.807) is 11.3 Å². The van der Waals surface area contributed by atoms with Gasteiger partial charge in [0.1, 0.15) is 0 Å². The second-order valence-electron chi connectivity index (χ2n) is 4.33.